The van der Waals surface area contributed by atoms with Gasteiger partial charge < -0.3 is 9.88 Å². The number of nitrogens with zero attached hydrogens (tertiary/aromatic N) is 4. The van der Waals surface area contributed by atoms with Crippen LogP contribution in [0.25, 0.3) is 0 Å². The molecule has 2 heterocycles. The SMILES string of the molecule is CCNc1cccc(Sc2nnc(C3CC3)n2C2CC2)n1. The molecule has 0 radical (unpaired) electrons. The lowest BCUT2D eigenvalue weighted by Crippen LogP contribution is -2.02. The maximum Gasteiger partial charge on any atom is 0.197 e. The zero-order valence-corrected chi connectivity index (χ0v) is 12.9. The summed E-state index contributed by atoms with van der Waals surface area (Å²) in [6.07, 6.45) is 5.06. The fourth-order valence-corrected chi connectivity index (χ4v) is 3.40. The average molecular weight is 301 g/mol. The molecule has 4 rings (SSSR count). The van der Waals surface area contributed by atoms with Gasteiger partial charge in [-0.15, -0.1) is 10.2 Å². The van der Waals surface area contributed by atoms with Crippen molar-refractivity contribution in [3.05, 3.63) is 24.0 Å². The minimum atomic E-state index is 0.620. The molecular weight excluding hydrogens is 282 g/mol. The maximum absolute atomic E-state index is 4.62. The Morgan fingerprint density at radius 2 is 2.10 bits per heavy atom. The van der Waals surface area contributed by atoms with Gasteiger partial charge in [-0.3, -0.25) is 0 Å². The summed E-state index contributed by atoms with van der Waals surface area (Å²) in [7, 11) is 0. The maximum atomic E-state index is 4.62. The van der Waals surface area contributed by atoms with E-state index in [1.165, 1.54) is 31.5 Å². The number of nitrogens with one attached hydrogen (secondary N) is 1. The summed E-state index contributed by atoms with van der Waals surface area (Å²) in [5.41, 5.74) is 0. The molecule has 2 saturated carbocycles. The van der Waals surface area contributed by atoms with Crippen LogP contribution >= 0.6 is 11.8 Å². The summed E-state index contributed by atoms with van der Waals surface area (Å²) in [4.78, 5) is 4.62. The number of hydrogen-bond acceptors (Lipinski definition) is 5. The minimum absolute atomic E-state index is 0.620. The Bertz CT molecular complexity index is 645. The molecule has 1 N–H and O–H groups in total. The third-order valence-electron chi connectivity index (χ3n) is 3.82. The van der Waals surface area contributed by atoms with Crippen LogP contribution in [0, 0.1) is 0 Å². The Labute approximate surface area is 128 Å². The summed E-state index contributed by atoms with van der Waals surface area (Å²) in [5.74, 6) is 2.76. The second-order valence-corrected chi connectivity index (χ2v) is 6.70. The highest BCUT2D eigenvalue weighted by molar-refractivity contribution is 7.99. The van der Waals surface area contributed by atoms with E-state index in [1.54, 1.807) is 11.8 Å². The van der Waals surface area contributed by atoms with Crippen LogP contribution in [0.4, 0.5) is 5.82 Å². The molecule has 0 aliphatic heterocycles. The largest absolute Gasteiger partial charge is 0.370 e. The van der Waals surface area contributed by atoms with Gasteiger partial charge in [-0.1, -0.05) is 6.07 Å². The highest BCUT2D eigenvalue weighted by Crippen LogP contribution is 2.46. The number of pyridine rings is 1. The van der Waals surface area contributed by atoms with Crippen LogP contribution in [0.5, 0.6) is 0 Å². The molecule has 0 atom stereocenters. The summed E-state index contributed by atoms with van der Waals surface area (Å²) in [6.45, 7) is 2.96. The van der Waals surface area contributed by atoms with Gasteiger partial charge in [0.25, 0.3) is 0 Å². The van der Waals surface area contributed by atoms with Gasteiger partial charge in [-0.2, -0.15) is 0 Å². The van der Waals surface area contributed by atoms with Crippen molar-refractivity contribution in [2.24, 2.45) is 0 Å². The van der Waals surface area contributed by atoms with Crippen LogP contribution in [-0.4, -0.2) is 26.3 Å². The lowest BCUT2D eigenvalue weighted by Gasteiger charge is -2.08. The minimum Gasteiger partial charge on any atom is -0.370 e. The van der Waals surface area contributed by atoms with Crippen LogP contribution in [0.3, 0.4) is 0 Å². The zero-order valence-electron chi connectivity index (χ0n) is 12.1. The first-order valence-electron chi connectivity index (χ1n) is 7.68. The monoisotopic (exact) mass is 301 g/mol. The molecule has 2 aliphatic carbocycles. The molecule has 0 spiro atoms. The molecule has 2 fully saturated rings. The van der Waals surface area contributed by atoms with Gasteiger partial charge in [0.2, 0.25) is 0 Å². The Balaban J connectivity index is 1.60. The third-order valence-corrected chi connectivity index (χ3v) is 4.72. The molecule has 6 heteroatoms. The van der Waals surface area contributed by atoms with E-state index >= 15 is 0 Å². The van der Waals surface area contributed by atoms with E-state index < -0.39 is 0 Å². The highest BCUT2D eigenvalue weighted by Gasteiger charge is 2.36. The van der Waals surface area contributed by atoms with Crippen molar-refractivity contribution in [2.75, 3.05) is 11.9 Å². The van der Waals surface area contributed by atoms with E-state index in [-0.39, 0.29) is 0 Å². The number of anilines is 1. The van der Waals surface area contributed by atoms with Crippen molar-refractivity contribution >= 4 is 17.6 Å². The van der Waals surface area contributed by atoms with Gasteiger partial charge in [0.1, 0.15) is 16.7 Å². The Hall–Kier alpha value is -1.56. The normalized spacial score (nSPS) is 18.0. The summed E-state index contributed by atoms with van der Waals surface area (Å²) >= 11 is 1.63. The molecule has 110 valence electrons. The van der Waals surface area contributed by atoms with Crippen molar-refractivity contribution < 1.29 is 0 Å². The standard InChI is InChI=1S/C15H19N5S/c1-2-16-12-4-3-5-13(17-12)21-15-19-18-14(10-6-7-10)20(15)11-8-9-11/h3-5,10-11H,2,6-9H2,1H3,(H,16,17). The molecule has 2 aliphatic rings. The lowest BCUT2D eigenvalue weighted by atomic mass is 10.4. The fourth-order valence-electron chi connectivity index (χ4n) is 2.50. The zero-order chi connectivity index (χ0) is 14.2. The molecule has 21 heavy (non-hydrogen) atoms. The number of aromatic nitrogens is 4. The summed E-state index contributed by atoms with van der Waals surface area (Å²) in [5, 5.41) is 14.1. The quantitative estimate of drug-likeness (QED) is 0.885. The first kappa shape index (κ1) is 13.1. The molecule has 5 nitrogen and oxygen atoms in total. The molecule has 0 aromatic carbocycles. The predicted molar refractivity (Wildman–Crippen MR) is 82.8 cm³/mol. The molecule has 0 unspecified atom stereocenters. The Morgan fingerprint density at radius 1 is 1.24 bits per heavy atom. The van der Waals surface area contributed by atoms with Crippen molar-refractivity contribution in [3.63, 3.8) is 0 Å². The first-order chi connectivity index (χ1) is 10.3. The van der Waals surface area contributed by atoms with Gasteiger partial charge >= 0.3 is 0 Å². The number of rotatable bonds is 6. The number of hydrogen-bond donors (Lipinski definition) is 1. The van der Waals surface area contributed by atoms with Crippen LogP contribution in [0.1, 0.15) is 50.4 Å². The fraction of sp³-hybridized carbons (Fsp3) is 0.533. The molecular formula is C15H19N5S. The summed E-state index contributed by atoms with van der Waals surface area (Å²) in [6, 6.07) is 6.69. The average Bonchev–Trinajstić information content (AvgIpc) is 3.40. The Kier molecular flexibility index (Phi) is 3.33. The molecule has 2 aromatic rings. The molecule has 2 aromatic heterocycles. The van der Waals surface area contributed by atoms with Crippen molar-refractivity contribution in [1.29, 1.82) is 0 Å². The van der Waals surface area contributed by atoms with Crippen molar-refractivity contribution in [3.8, 4) is 0 Å². The van der Waals surface area contributed by atoms with Crippen molar-refractivity contribution in [1.82, 2.24) is 19.7 Å². The van der Waals surface area contributed by atoms with Crippen LogP contribution in [-0.2, 0) is 0 Å². The van der Waals surface area contributed by atoms with Gasteiger partial charge in [0, 0.05) is 18.5 Å². The topological polar surface area (TPSA) is 55.6 Å². The van der Waals surface area contributed by atoms with E-state index in [2.05, 4.69) is 32.0 Å². The van der Waals surface area contributed by atoms with Crippen LogP contribution < -0.4 is 5.32 Å². The third kappa shape index (κ3) is 2.77. The van der Waals surface area contributed by atoms with Gasteiger partial charge in [0.05, 0.1) is 0 Å². The summed E-state index contributed by atoms with van der Waals surface area (Å²) < 4.78 is 2.37. The van der Waals surface area contributed by atoms with E-state index in [1.807, 2.05) is 18.2 Å². The second-order valence-electron chi connectivity index (χ2n) is 5.71. The van der Waals surface area contributed by atoms with E-state index in [4.69, 9.17) is 0 Å². The molecule has 0 amide bonds. The van der Waals surface area contributed by atoms with E-state index in [9.17, 15) is 0 Å². The van der Waals surface area contributed by atoms with Gasteiger partial charge in [-0.25, -0.2) is 4.98 Å². The van der Waals surface area contributed by atoms with Gasteiger partial charge in [0.15, 0.2) is 5.16 Å². The highest BCUT2D eigenvalue weighted by atomic mass is 32.2. The smallest absolute Gasteiger partial charge is 0.197 e. The van der Waals surface area contributed by atoms with Crippen LogP contribution in [0.15, 0.2) is 28.4 Å². The van der Waals surface area contributed by atoms with Gasteiger partial charge in [-0.05, 0) is 56.5 Å². The van der Waals surface area contributed by atoms with Crippen molar-refractivity contribution in [2.45, 2.75) is 54.7 Å². The van der Waals surface area contributed by atoms with E-state index in [0.717, 1.165) is 22.5 Å². The first-order valence-corrected chi connectivity index (χ1v) is 8.50. The van der Waals surface area contributed by atoms with E-state index in [0.29, 0.717) is 12.0 Å². The second kappa shape index (κ2) is 5.33. The predicted octanol–water partition coefficient (Wildman–Crippen LogP) is 3.47. The Morgan fingerprint density at radius 3 is 2.81 bits per heavy atom. The molecule has 0 bridgehead atoms. The lowest BCUT2D eigenvalue weighted by molar-refractivity contribution is 0.626. The van der Waals surface area contributed by atoms with Crippen LogP contribution in [0.2, 0.25) is 0 Å². The molecule has 0 saturated heterocycles.